The van der Waals surface area contributed by atoms with Gasteiger partial charge in [0.25, 0.3) is 5.91 Å². The highest BCUT2D eigenvalue weighted by atomic mass is 32.1. The number of anilines is 1. The second kappa shape index (κ2) is 12.0. The van der Waals surface area contributed by atoms with Gasteiger partial charge in [0.05, 0.1) is 6.04 Å². The Balaban J connectivity index is 1.48. The summed E-state index contributed by atoms with van der Waals surface area (Å²) in [6.07, 6.45) is -11.9. The van der Waals surface area contributed by atoms with Crippen molar-refractivity contribution in [2.45, 2.75) is 37.3 Å². The first kappa shape index (κ1) is 30.5. The minimum atomic E-state index is -5.07. The zero-order valence-electron chi connectivity index (χ0n) is 22.3. The normalized spacial score (nSPS) is 20.4. The number of benzene rings is 2. The Kier molecular flexibility index (Phi) is 8.47. The van der Waals surface area contributed by atoms with Crippen molar-refractivity contribution < 1.29 is 36.2 Å². The van der Waals surface area contributed by atoms with Crippen LogP contribution in [0.15, 0.2) is 72.1 Å². The van der Waals surface area contributed by atoms with Gasteiger partial charge in [0.2, 0.25) is 10.1 Å². The number of hydrogen-bond acceptors (Lipinski definition) is 8. The maximum Gasteiger partial charge on any atom is 0.445 e. The fourth-order valence-corrected chi connectivity index (χ4v) is 6.08. The summed E-state index contributed by atoms with van der Waals surface area (Å²) in [4.78, 5) is 14.2. The van der Waals surface area contributed by atoms with Crippen molar-refractivity contribution in [3.63, 3.8) is 0 Å². The number of aromatic nitrogens is 2. The first-order valence-electron chi connectivity index (χ1n) is 13.2. The molecule has 2 aliphatic heterocycles. The van der Waals surface area contributed by atoms with Crippen LogP contribution in [0.2, 0.25) is 0 Å². The number of amides is 1. The summed E-state index contributed by atoms with van der Waals surface area (Å²) in [5.74, 6) is -4.99. The Morgan fingerprint density at radius 1 is 0.977 bits per heavy atom. The van der Waals surface area contributed by atoms with Crippen molar-refractivity contribution in [2.75, 3.05) is 18.0 Å². The number of halogens is 6. The van der Waals surface area contributed by atoms with Gasteiger partial charge in [-0.15, -0.1) is 10.2 Å². The number of piperidine rings is 1. The third-order valence-corrected chi connectivity index (χ3v) is 8.47. The monoisotopic (exact) mass is 624 g/mol. The van der Waals surface area contributed by atoms with Gasteiger partial charge in [-0.3, -0.25) is 4.79 Å². The van der Waals surface area contributed by atoms with Crippen LogP contribution in [0.25, 0.3) is 0 Å². The summed E-state index contributed by atoms with van der Waals surface area (Å²) in [6, 6.07) is 17.0. The fraction of sp³-hybridized carbons (Fsp3) is 0.357. The molecule has 228 valence electrons. The van der Waals surface area contributed by atoms with Crippen LogP contribution in [0.1, 0.15) is 35.0 Å². The molecule has 43 heavy (non-hydrogen) atoms. The predicted molar refractivity (Wildman–Crippen MR) is 146 cm³/mol. The Bertz CT molecular complexity index is 1450. The average Bonchev–Trinajstić information content (AvgIpc) is 3.49. The summed E-state index contributed by atoms with van der Waals surface area (Å²) in [5, 5.41) is 30.5. The SMILES string of the molecule is N=C(C1=C(NC(c2ccccc2)c2ccccc2)NC(=O)[C@H](O)[C@@H]1C(F)(F)F)C1CCN(c2nnc(C(F)(F)F)s2)CC1. The molecule has 0 spiro atoms. The van der Waals surface area contributed by atoms with Crippen LogP contribution in [0.3, 0.4) is 0 Å². The van der Waals surface area contributed by atoms with Gasteiger partial charge in [-0.1, -0.05) is 72.0 Å². The molecule has 0 saturated carbocycles. The number of nitrogens with one attached hydrogen (secondary N) is 3. The fourth-order valence-electron chi connectivity index (χ4n) is 5.32. The number of alkyl halides is 6. The van der Waals surface area contributed by atoms with E-state index in [1.165, 1.54) is 0 Å². The number of carbonyl (C=O) groups is 1. The molecule has 0 aliphatic carbocycles. The van der Waals surface area contributed by atoms with Gasteiger partial charge >= 0.3 is 12.4 Å². The summed E-state index contributed by atoms with van der Waals surface area (Å²) in [6.45, 7) is 0.246. The number of aliphatic hydroxyl groups excluding tert-OH is 1. The van der Waals surface area contributed by atoms with Crippen molar-refractivity contribution in [2.24, 2.45) is 11.8 Å². The van der Waals surface area contributed by atoms with Crippen LogP contribution >= 0.6 is 11.3 Å². The Morgan fingerprint density at radius 2 is 1.53 bits per heavy atom. The first-order valence-corrected chi connectivity index (χ1v) is 14.1. The number of carbonyl (C=O) groups excluding carboxylic acids is 1. The second-order valence-electron chi connectivity index (χ2n) is 10.2. The first-order chi connectivity index (χ1) is 20.3. The van der Waals surface area contributed by atoms with E-state index in [4.69, 9.17) is 5.41 Å². The van der Waals surface area contributed by atoms with Gasteiger partial charge in [-0.05, 0) is 24.0 Å². The highest BCUT2D eigenvalue weighted by Gasteiger charge is 2.54. The lowest BCUT2D eigenvalue weighted by atomic mass is 9.79. The maximum absolute atomic E-state index is 14.5. The van der Waals surface area contributed by atoms with Crippen LogP contribution in [0.5, 0.6) is 0 Å². The highest BCUT2D eigenvalue weighted by molar-refractivity contribution is 7.15. The van der Waals surface area contributed by atoms with E-state index >= 15 is 0 Å². The topological polar surface area (TPSA) is 114 Å². The Morgan fingerprint density at radius 3 is 2.02 bits per heavy atom. The van der Waals surface area contributed by atoms with Crippen molar-refractivity contribution in [3.05, 3.63) is 88.2 Å². The number of rotatable bonds is 7. The molecule has 8 nitrogen and oxygen atoms in total. The van der Waals surface area contributed by atoms with Gasteiger partial charge in [-0.25, -0.2) is 0 Å². The van der Waals surface area contributed by atoms with E-state index in [0.717, 1.165) is 0 Å². The molecule has 3 heterocycles. The highest BCUT2D eigenvalue weighted by Crippen LogP contribution is 2.41. The minimum Gasteiger partial charge on any atom is -0.382 e. The Labute approximate surface area is 245 Å². The molecule has 2 aromatic carbocycles. The van der Waals surface area contributed by atoms with Crippen LogP contribution in [-0.2, 0) is 11.0 Å². The molecule has 5 rings (SSSR count). The molecule has 1 saturated heterocycles. The largest absolute Gasteiger partial charge is 0.445 e. The van der Waals surface area contributed by atoms with Gasteiger partial charge in [-0.2, -0.15) is 26.3 Å². The molecule has 2 atom stereocenters. The third-order valence-electron chi connectivity index (χ3n) is 7.44. The van der Waals surface area contributed by atoms with E-state index < -0.39 is 58.5 Å². The number of hydrogen-bond donors (Lipinski definition) is 4. The Hall–Kier alpha value is -3.98. The number of aliphatic hydroxyl groups is 1. The van der Waals surface area contributed by atoms with Crippen LogP contribution in [0.4, 0.5) is 31.5 Å². The standard InChI is InChI=1S/C28H26F6N6O2S/c29-27(30,31)19-18(20(35)15-11-13-40(14-12-15)26-39-38-25(43-26)28(32,33)34)23(37-24(42)22(19)41)36-21(16-7-3-1-4-8-16)17-9-5-2-6-10-17/h1-10,15,19,21-22,35-36,41H,11-14H2,(H,37,42)/t19-,22-/m1/s1. The zero-order valence-corrected chi connectivity index (χ0v) is 23.1. The van der Waals surface area contributed by atoms with Gasteiger partial charge in [0.15, 0.2) is 0 Å². The van der Waals surface area contributed by atoms with E-state index in [1.54, 1.807) is 65.6 Å². The lowest BCUT2D eigenvalue weighted by molar-refractivity contribution is -0.192. The molecule has 3 aromatic rings. The lowest BCUT2D eigenvalue weighted by Crippen LogP contribution is -2.55. The minimum absolute atomic E-state index is 0.0287. The van der Waals surface area contributed by atoms with Gasteiger partial charge in [0, 0.05) is 30.3 Å². The van der Waals surface area contributed by atoms with E-state index in [9.17, 15) is 36.2 Å². The summed E-state index contributed by atoms with van der Waals surface area (Å²) in [5.41, 5.74) is 0.362. The predicted octanol–water partition coefficient (Wildman–Crippen LogP) is 5.05. The van der Waals surface area contributed by atoms with Gasteiger partial charge in [0.1, 0.15) is 17.8 Å². The van der Waals surface area contributed by atoms with Crippen LogP contribution < -0.4 is 15.5 Å². The smallest absolute Gasteiger partial charge is 0.382 e. The molecule has 0 radical (unpaired) electrons. The molecule has 1 fully saturated rings. The van der Waals surface area contributed by atoms with Crippen LogP contribution in [0, 0.1) is 17.2 Å². The average molecular weight is 625 g/mol. The van der Waals surface area contributed by atoms with Crippen molar-refractivity contribution in [3.8, 4) is 0 Å². The van der Waals surface area contributed by atoms with Gasteiger partial charge < -0.3 is 26.0 Å². The van der Waals surface area contributed by atoms with E-state index in [0.29, 0.717) is 22.5 Å². The molecule has 1 amide bonds. The maximum atomic E-state index is 14.5. The van der Waals surface area contributed by atoms with Crippen LogP contribution in [-0.4, -0.2) is 52.3 Å². The molecular formula is C28H26F6N6O2S. The van der Waals surface area contributed by atoms with Crippen molar-refractivity contribution in [1.29, 1.82) is 5.41 Å². The molecule has 4 N–H and O–H groups in total. The molecule has 15 heteroatoms. The second-order valence-corrected chi connectivity index (χ2v) is 11.2. The van der Waals surface area contributed by atoms with Crippen molar-refractivity contribution >= 4 is 28.1 Å². The summed E-state index contributed by atoms with van der Waals surface area (Å²) < 4.78 is 82.4. The summed E-state index contributed by atoms with van der Waals surface area (Å²) in [7, 11) is 0. The van der Waals surface area contributed by atoms with Crippen molar-refractivity contribution in [1.82, 2.24) is 20.8 Å². The lowest BCUT2D eigenvalue weighted by Gasteiger charge is -2.38. The molecular weight excluding hydrogens is 598 g/mol. The summed E-state index contributed by atoms with van der Waals surface area (Å²) >= 11 is 0.368. The molecule has 0 bridgehead atoms. The molecule has 1 aromatic heterocycles. The third kappa shape index (κ3) is 6.51. The molecule has 2 aliphatic rings. The van der Waals surface area contributed by atoms with E-state index in [1.807, 2.05) is 0 Å². The quantitative estimate of drug-likeness (QED) is 0.216. The number of nitrogens with zero attached hydrogens (tertiary/aromatic N) is 3. The zero-order chi connectivity index (χ0) is 30.9. The van der Waals surface area contributed by atoms with E-state index in [2.05, 4.69) is 20.8 Å². The molecule has 0 unspecified atom stereocenters. The van der Waals surface area contributed by atoms with E-state index in [-0.39, 0.29) is 36.9 Å².